The molecule has 118 heavy (non-hydrogen) atoms. The first-order chi connectivity index (χ1) is 54.5. The molecule has 2 aliphatic heterocycles. The fourth-order valence-electron chi connectivity index (χ4n) is 11.9. The monoisotopic (exact) mass is 1980 g/mol. The van der Waals surface area contributed by atoms with E-state index in [0.29, 0.717) is 22.8 Å². The van der Waals surface area contributed by atoms with Gasteiger partial charge in [0.1, 0.15) is 36.3 Å². The molecule has 0 aliphatic carbocycles. The van der Waals surface area contributed by atoms with Crippen molar-refractivity contribution in [3.8, 4) is 0 Å². The number of carbonyl (C=O) groups excluding carboxylic acids is 5. The van der Waals surface area contributed by atoms with Crippen LogP contribution in [-0.2, 0) is 83.7 Å². The number of aliphatic carboxylic acids is 7. The number of aliphatic hydroxyl groups is 12. The minimum Gasteiger partial charge on any atom is -0.481 e. The van der Waals surface area contributed by atoms with Crippen LogP contribution in [0.15, 0.2) is 36.4 Å². The van der Waals surface area contributed by atoms with E-state index >= 15 is 0 Å². The number of rotatable bonds is 47. The van der Waals surface area contributed by atoms with Crippen LogP contribution in [0.2, 0.25) is 0 Å². The van der Waals surface area contributed by atoms with Crippen LogP contribution in [0, 0.1) is 79.9 Å². The molecule has 46 nitrogen and oxygen atoms in total. The minimum absolute atomic E-state index is 0. The molecule has 48 heteroatoms. The van der Waals surface area contributed by atoms with Crippen molar-refractivity contribution < 1.29 is 240 Å². The van der Waals surface area contributed by atoms with Gasteiger partial charge in [0.05, 0.1) is 99.0 Å². The zero-order valence-corrected chi connectivity index (χ0v) is 69.6. The van der Waals surface area contributed by atoms with E-state index < -0.39 is 184 Å². The third kappa shape index (κ3) is 46.7. The number of nitrogens with zero attached hydrogens (tertiary/aromatic N) is 8. The number of pyridine rings is 2. The maximum atomic E-state index is 12.8. The maximum Gasteiger partial charge on any atom is 3.00 e. The molecule has 4 bridgehead atoms. The second-order valence-electron chi connectivity index (χ2n) is 27.2. The molecule has 12 atom stereocenters. The summed E-state index contributed by atoms with van der Waals surface area (Å²) in [7, 11) is 0. The molecule has 5 amide bonds. The molecule has 2 aromatic heterocycles. The third-order valence-electron chi connectivity index (χ3n) is 18.3. The molecule has 0 spiro atoms. The Bertz CT molecular complexity index is 3260. The largest absolute Gasteiger partial charge is 3.00 e. The summed E-state index contributed by atoms with van der Waals surface area (Å²) in [6.07, 6.45) is -9.98. The second-order valence-corrected chi connectivity index (χ2v) is 27.2. The smallest absolute Gasteiger partial charge is 0.481 e. The van der Waals surface area contributed by atoms with Crippen LogP contribution >= 0.6 is 0 Å². The molecule has 0 fully saturated rings. The number of aliphatic hydroxyl groups excluding tert-OH is 12. The standard InChI is InChI=1S/C35H57N7O15.C32H50N6O14.C3H9NO2.2Gd.H2O/c43-19-24(46)14-36-30(49)7-4-27(33(52)53)40-10-12-41(28(34(54)55)5-8-31(50)37-15-25(47)20-44)17-22-2-1-3-23(39-22)18-42(13-11-40)29(35(56)57)6-9-32(51)38-16-26(48)21-45;39-18-22(41)14-33-27(43)7-4-24(30(47)48)36-10-12-37(25(31(49)50)5-8-28(44)34-15-23(42)19-40)16-20-2-1-3-21(35-20)17-38(13-11-36)26(32(51)52)6-9-29(45)46;4-1-3(6)2-5;;;/h1-3,24-29,43-48H,4-21H2,(H,36,49)(H,37,50)(H,38,51)(H,52,53)(H,54,55)(H,56,57);1-3,22-26,39-42H,4-19H2,(H,33,43)(H,34,44)(H,45,46)(H,47,48)(H,49,50)(H,51,52);3,5-6H,1-2,4H2;;;1H2/q;;;2*+3;. The van der Waals surface area contributed by atoms with Gasteiger partial charge < -0.3 is 135 Å². The normalized spacial score (nSPS) is 17.1. The van der Waals surface area contributed by atoms with Crippen molar-refractivity contribution in [1.29, 1.82) is 0 Å². The van der Waals surface area contributed by atoms with Gasteiger partial charge in [-0.05, 0) is 62.8 Å². The van der Waals surface area contributed by atoms with Crippen molar-refractivity contribution in [1.82, 2.24) is 66.0 Å². The van der Waals surface area contributed by atoms with E-state index in [-0.39, 0.29) is 280 Å². The first-order valence-corrected chi connectivity index (χ1v) is 37.2. The summed E-state index contributed by atoms with van der Waals surface area (Å²) in [5.74, 6) is -11.9. The van der Waals surface area contributed by atoms with Gasteiger partial charge in [-0.1, -0.05) is 12.1 Å². The van der Waals surface area contributed by atoms with Gasteiger partial charge in [0.15, 0.2) is 0 Å². The number of hydrogen-bond donors (Lipinski definition) is 25. The quantitative estimate of drug-likeness (QED) is 0.0293. The summed E-state index contributed by atoms with van der Waals surface area (Å²) in [4.78, 5) is 168. The van der Waals surface area contributed by atoms with Crippen LogP contribution in [0.25, 0.3) is 0 Å². The maximum absolute atomic E-state index is 12.8. The Morgan fingerprint density at radius 1 is 0.314 bits per heavy atom. The van der Waals surface area contributed by atoms with E-state index in [1.807, 2.05) is 0 Å². The second kappa shape index (κ2) is 63.7. The van der Waals surface area contributed by atoms with Gasteiger partial charge in [-0.15, -0.1) is 0 Å². The van der Waals surface area contributed by atoms with Crippen molar-refractivity contribution >= 4 is 71.3 Å². The molecule has 4 heterocycles. The van der Waals surface area contributed by atoms with Crippen LogP contribution in [0.4, 0.5) is 0 Å². The van der Waals surface area contributed by atoms with Gasteiger partial charge >= 0.3 is 122 Å². The average molecular weight is 1980 g/mol. The number of hydrogen-bond acceptors (Lipinski definition) is 33. The first kappa shape index (κ1) is 114. The van der Waals surface area contributed by atoms with Crippen molar-refractivity contribution in [2.24, 2.45) is 5.73 Å². The number of nitrogens with one attached hydrogen (secondary N) is 5. The molecule has 0 saturated heterocycles. The zero-order chi connectivity index (χ0) is 86.3. The fraction of sp³-hybridized carbons (Fsp3) is 0.686. The van der Waals surface area contributed by atoms with E-state index in [9.17, 15) is 119 Å². The molecule has 4 rings (SSSR count). The number of carboxylic acids is 7. The van der Waals surface area contributed by atoms with E-state index in [4.69, 9.17) is 41.5 Å². The van der Waals surface area contributed by atoms with Gasteiger partial charge in [0.25, 0.3) is 0 Å². The Morgan fingerprint density at radius 2 is 0.492 bits per heavy atom. The summed E-state index contributed by atoms with van der Waals surface area (Å²) < 4.78 is 0. The summed E-state index contributed by atoms with van der Waals surface area (Å²) >= 11 is 0. The molecule has 670 valence electrons. The number of fused-ring (bicyclic) bond motifs is 4. The van der Waals surface area contributed by atoms with Gasteiger partial charge in [0, 0.05) is 156 Å². The van der Waals surface area contributed by atoms with Crippen LogP contribution in [0.5, 0.6) is 0 Å². The molecular weight excluding hydrogens is 1860 g/mol. The Kier molecular flexibility index (Phi) is 61.5. The summed E-state index contributed by atoms with van der Waals surface area (Å²) in [5, 5.41) is 192. The van der Waals surface area contributed by atoms with Gasteiger partial charge in [-0.25, -0.2) is 0 Å². The predicted molar refractivity (Wildman–Crippen MR) is 401 cm³/mol. The number of aromatic nitrogens is 2. The first-order valence-electron chi connectivity index (χ1n) is 37.2. The van der Waals surface area contributed by atoms with Gasteiger partial charge in [-0.2, -0.15) is 0 Å². The van der Waals surface area contributed by atoms with Crippen molar-refractivity contribution in [2.75, 3.05) is 131 Å². The molecule has 2 aliphatic rings. The Balaban J connectivity index is 0. The number of amides is 5. The molecule has 28 N–H and O–H groups in total. The Labute approximate surface area is 743 Å². The van der Waals surface area contributed by atoms with Crippen LogP contribution < -0.4 is 32.3 Å². The molecule has 2 radical (unpaired) electrons. The Hall–Kier alpha value is -6.21. The van der Waals surface area contributed by atoms with Crippen LogP contribution in [0.1, 0.15) is 99.8 Å². The van der Waals surface area contributed by atoms with E-state index in [1.165, 1.54) is 29.4 Å². The molecule has 0 aromatic carbocycles. The third-order valence-corrected chi connectivity index (χ3v) is 18.3. The van der Waals surface area contributed by atoms with Crippen LogP contribution in [0.3, 0.4) is 0 Å². The molecule has 0 saturated carbocycles. The molecule has 2 aromatic rings. The zero-order valence-electron chi connectivity index (χ0n) is 65.1. The Morgan fingerprint density at radius 3 is 0.653 bits per heavy atom. The van der Waals surface area contributed by atoms with E-state index in [1.54, 1.807) is 36.4 Å². The molecular formula is C70H118Gd2N14O32+6. The number of carboxylic acid groups (broad SMARTS) is 7. The van der Waals surface area contributed by atoms with Crippen molar-refractivity contribution in [2.45, 2.75) is 176 Å². The SMILES string of the molecule is NCC(O)CO.O.O=C(CCC(C(=O)O)N1CCN(C(CCC(=O)NCC(O)CO)C(=O)O)Cc2cccc(n2)CN(C(CCC(=O)NCC(O)CO)C(=O)O)CC1)NCC(O)CO.O=C(O)CCC(C(=O)O)N1CCN(C(CCC(=O)NCC(O)CO)C(=O)O)CCN(C(CCC(=O)NCC(O)CO)C(=O)O)Cc2cccc(n2)C1.[Gd+3].[Gd+3]. The minimum atomic E-state index is -1.35. The predicted octanol–water partition coefficient (Wildman–Crippen LogP) is -10.7. The summed E-state index contributed by atoms with van der Waals surface area (Å²) in [6, 6.07) is 2.02. The number of carbonyl (C=O) groups is 12. The molecule has 12 unspecified atom stereocenters. The van der Waals surface area contributed by atoms with E-state index in [2.05, 4.69) is 36.6 Å². The topological polar surface area (TPSA) is 752 Å². The van der Waals surface area contributed by atoms with Gasteiger partial charge in [-0.3, -0.25) is 96.9 Å². The van der Waals surface area contributed by atoms with E-state index in [0.717, 1.165) is 0 Å². The summed E-state index contributed by atoms with van der Waals surface area (Å²) in [6.45, 7) is -5.42. The van der Waals surface area contributed by atoms with Crippen LogP contribution in [-0.4, -0.2) is 417 Å². The number of nitrogens with two attached hydrogens (primary N) is 1. The van der Waals surface area contributed by atoms with Gasteiger partial charge in [0.2, 0.25) is 29.5 Å². The van der Waals surface area contributed by atoms with Crippen molar-refractivity contribution in [3.63, 3.8) is 0 Å². The van der Waals surface area contributed by atoms with Crippen molar-refractivity contribution in [3.05, 3.63) is 59.2 Å². The fourth-order valence-corrected chi connectivity index (χ4v) is 11.9. The summed E-state index contributed by atoms with van der Waals surface area (Å²) in [5.41, 5.74) is 6.41. The average Bonchev–Trinajstić information content (AvgIpc) is 0.833.